The molecule has 1 aliphatic heterocycles. The average molecular weight is 348 g/mol. The van der Waals surface area contributed by atoms with Crippen molar-refractivity contribution < 1.29 is 13.9 Å². The molecule has 6 heteroatoms. The summed E-state index contributed by atoms with van der Waals surface area (Å²) < 4.78 is 18.4. The van der Waals surface area contributed by atoms with Crippen LogP contribution in [0.3, 0.4) is 0 Å². The van der Waals surface area contributed by atoms with E-state index < -0.39 is 0 Å². The molecule has 1 saturated heterocycles. The summed E-state index contributed by atoms with van der Waals surface area (Å²) in [4.78, 5) is 17.6. The third-order valence-electron chi connectivity index (χ3n) is 4.12. The zero-order valence-corrected chi connectivity index (χ0v) is 14.3. The molecule has 0 atom stereocenters. The van der Waals surface area contributed by atoms with Gasteiger partial charge in [-0.3, -0.25) is 9.69 Å². The number of amides is 1. The van der Waals surface area contributed by atoms with Gasteiger partial charge in [-0.15, -0.1) is 11.3 Å². The Morgan fingerprint density at radius 3 is 2.54 bits per heavy atom. The molecule has 2 heterocycles. The lowest BCUT2D eigenvalue weighted by atomic mass is 10.2. The molecule has 0 bridgehead atoms. The summed E-state index contributed by atoms with van der Waals surface area (Å²) in [6.45, 7) is 4.63. The standard InChI is InChI=1S/C18H21FN2O2S/c19-15-3-5-16(6-4-15)23-12-11-20-7-9-21(10-8-20)18(22)14-17-2-1-13-24-17/h1-6,13H,7-12,14H2. The molecular weight excluding hydrogens is 327 g/mol. The van der Waals surface area contributed by atoms with Crippen LogP contribution in [0.1, 0.15) is 4.88 Å². The van der Waals surface area contributed by atoms with Gasteiger partial charge in [0, 0.05) is 37.6 Å². The summed E-state index contributed by atoms with van der Waals surface area (Å²) in [5.41, 5.74) is 0. The van der Waals surface area contributed by atoms with Crippen LogP contribution in [0.25, 0.3) is 0 Å². The molecule has 1 amide bonds. The maximum absolute atomic E-state index is 12.8. The molecule has 0 N–H and O–H groups in total. The molecule has 0 unspecified atom stereocenters. The second-order valence-corrected chi connectivity index (χ2v) is 6.81. The molecule has 1 aliphatic rings. The van der Waals surface area contributed by atoms with Crippen molar-refractivity contribution in [1.29, 1.82) is 0 Å². The Kier molecular flexibility index (Phi) is 5.82. The molecule has 3 rings (SSSR count). The van der Waals surface area contributed by atoms with Crippen LogP contribution in [0, 0.1) is 5.82 Å². The summed E-state index contributed by atoms with van der Waals surface area (Å²) >= 11 is 1.63. The van der Waals surface area contributed by atoms with Crippen molar-refractivity contribution in [2.75, 3.05) is 39.3 Å². The minimum atomic E-state index is -0.259. The lowest BCUT2D eigenvalue weighted by Gasteiger charge is -2.34. The van der Waals surface area contributed by atoms with Crippen molar-refractivity contribution in [3.8, 4) is 5.75 Å². The highest BCUT2D eigenvalue weighted by Crippen LogP contribution is 2.13. The number of thiophene rings is 1. The van der Waals surface area contributed by atoms with E-state index in [2.05, 4.69) is 4.90 Å². The first kappa shape index (κ1) is 16.9. The van der Waals surface area contributed by atoms with Crippen molar-refractivity contribution in [2.45, 2.75) is 6.42 Å². The summed E-state index contributed by atoms with van der Waals surface area (Å²) in [5, 5.41) is 2.00. The van der Waals surface area contributed by atoms with E-state index in [-0.39, 0.29) is 11.7 Å². The Bertz CT molecular complexity index is 638. The van der Waals surface area contributed by atoms with Crippen LogP contribution in [0.15, 0.2) is 41.8 Å². The van der Waals surface area contributed by atoms with E-state index in [1.807, 2.05) is 22.4 Å². The number of hydrogen-bond donors (Lipinski definition) is 0. The molecule has 0 spiro atoms. The quantitative estimate of drug-likeness (QED) is 0.805. The van der Waals surface area contributed by atoms with Gasteiger partial charge in [0.15, 0.2) is 0 Å². The summed E-state index contributed by atoms with van der Waals surface area (Å²) in [6, 6.07) is 10.0. The van der Waals surface area contributed by atoms with Crippen molar-refractivity contribution in [2.24, 2.45) is 0 Å². The van der Waals surface area contributed by atoms with Crippen molar-refractivity contribution in [1.82, 2.24) is 9.80 Å². The van der Waals surface area contributed by atoms with Crippen LogP contribution in [0.2, 0.25) is 0 Å². The molecular formula is C18H21FN2O2S. The molecule has 0 radical (unpaired) electrons. The summed E-state index contributed by atoms with van der Waals surface area (Å²) in [5.74, 6) is 0.631. The van der Waals surface area contributed by atoms with Crippen LogP contribution in [0.5, 0.6) is 5.75 Å². The number of carbonyl (C=O) groups excluding carboxylic acids is 1. The molecule has 0 aliphatic carbocycles. The van der Waals surface area contributed by atoms with Gasteiger partial charge in [0.2, 0.25) is 5.91 Å². The summed E-state index contributed by atoms with van der Waals surface area (Å²) in [7, 11) is 0. The van der Waals surface area contributed by atoms with Gasteiger partial charge in [-0.2, -0.15) is 0 Å². The van der Waals surface area contributed by atoms with Gasteiger partial charge in [-0.25, -0.2) is 4.39 Å². The normalized spacial score (nSPS) is 15.5. The highest BCUT2D eigenvalue weighted by molar-refractivity contribution is 7.10. The number of nitrogens with zero attached hydrogens (tertiary/aromatic N) is 2. The van der Waals surface area contributed by atoms with E-state index in [0.717, 1.165) is 37.6 Å². The predicted octanol–water partition coefficient (Wildman–Crippen LogP) is 2.65. The first-order valence-electron chi connectivity index (χ1n) is 8.11. The fourth-order valence-corrected chi connectivity index (χ4v) is 3.41. The minimum Gasteiger partial charge on any atom is -0.492 e. The van der Waals surface area contributed by atoms with Gasteiger partial charge in [-0.1, -0.05) is 6.07 Å². The fourth-order valence-electron chi connectivity index (χ4n) is 2.72. The second-order valence-electron chi connectivity index (χ2n) is 5.78. The van der Waals surface area contributed by atoms with Gasteiger partial charge in [0.05, 0.1) is 6.42 Å². The number of carbonyl (C=O) groups is 1. The average Bonchev–Trinajstić information content (AvgIpc) is 3.10. The molecule has 2 aromatic rings. The van der Waals surface area contributed by atoms with E-state index in [9.17, 15) is 9.18 Å². The molecule has 1 aromatic carbocycles. The van der Waals surface area contributed by atoms with Crippen molar-refractivity contribution in [3.05, 3.63) is 52.5 Å². The number of hydrogen-bond acceptors (Lipinski definition) is 4. The minimum absolute atomic E-state index is 0.208. The van der Waals surface area contributed by atoms with Crippen LogP contribution in [-0.4, -0.2) is 55.0 Å². The predicted molar refractivity (Wildman–Crippen MR) is 92.9 cm³/mol. The molecule has 1 fully saturated rings. The van der Waals surface area contributed by atoms with Gasteiger partial charge in [0.25, 0.3) is 0 Å². The highest BCUT2D eigenvalue weighted by atomic mass is 32.1. The number of rotatable bonds is 6. The largest absolute Gasteiger partial charge is 0.492 e. The monoisotopic (exact) mass is 348 g/mol. The molecule has 4 nitrogen and oxygen atoms in total. The van der Waals surface area contributed by atoms with E-state index in [1.54, 1.807) is 23.5 Å². The highest BCUT2D eigenvalue weighted by Gasteiger charge is 2.21. The third kappa shape index (κ3) is 4.79. The lowest BCUT2D eigenvalue weighted by Crippen LogP contribution is -2.49. The Labute approximate surface area is 145 Å². The zero-order valence-electron chi connectivity index (χ0n) is 13.5. The second kappa shape index (κ2) is 8.26. The van der Waals surface area contributed by atoms with Gasteiger partial charge >= 0.3 is 0 Å². The van der Waals surface area contributed by atoms with E-state index in [0.29, 0.717) is 18.8 Å². The third-order valence-corrected chi connectivity index (χ3v) is 5.00. The Balaban J connectivity index is 1.36. The Morgan fingerprint density at radius 2 is 1.88 bits per heavy atom. The number of ether oxygens (including phenoxy) is 1. The SMILES string of the molecule is O=C(Cc1cccs1)N1CCN(CCOc2ccc(F)cc2)CC1. The first-order chi connectivity index (χ1) is 11.7. The molecule has 24 heavy (non-hydrogen) atoms. The van der Waals surface area contributed by atoms with Crippen molar-refractivity contribution in [3.63, 3.8) is 0 Å². The van der Waals surface area contributed by atoms with E-state index in [4.69, 9.17) is 4.74 Å². The Morgan fingerprint density at radius 1 is 1.12 bits per heavy atom. The van der Waals surface area contributed by atoms with Crippen LogP contribution >= 0.6 is 11.3 Å². The molecule has 0 saturated carbocycles. The van der Waals surface area contributed by atoms with Crippen LogP contribution in [-0.2, 0) is 11.2 Å². The van der Waals surface area contributed by atoms with E-state index >= 15 is 0 Å². The number of benzene rings is 1. The zero-order chi connectivity index (χ0) is 16.8. The number of piperazine rings is 1. The van der Waals surface area contributed by atoms with Crippen LogP contribution in [0.4, 0.5) is 4.39 Å². The maximum atomic E-state index is 12.8. The number of halogens is 1. The first-order valence-corrected chi connectivity index (χ1v) is 8.99. The van der Waals surface area contributed by atoms with E-state index in [1.165, 1.54) is 12.1 Å². The Hall–Kier alpha value is -1.92. The topological polar surface area (TPSA) is 32.8 Å². The maximum Gasteiger partial charge on any atom is 0.227 e. The fraction of sp³-hybridized carbons (Fsp3) is 0.389. The lowest BCUT2D eigenvalue weighted by molar-refractivity contribution is -0.132. The van der Waals surface area contributed by atoms with Gasteiger partial charge < -0.3 is 9.64 Å². The molecule has 1 aromatic heterocycles. The van der Waals surface area contributed by atoms with Crippen LogP contribution < -0.4 is 4.74 Å². The van der Waals surface area contributed by atoms with Crippen molar-refractivity contribution >= 4 is 17.2 Å². The smallest absolute Gasteiger partial charge is 0.227 e. The van der Waals surface area contributed by atoms with Gasteiger partial charge in [-0.05, 0) is 35.7 Å². The summed E-state index contributed by atoms with van der Waals surface area (Å²) in [6.07, 6.45) is 0.505. The molecule has 128 valence electrons. The van der Waals surface area contributed by atoms with Gasteiger partial charge in [0.1, 0.15) is 18.2 Å².